The van der Waals surface area contributed by atoms with E-state index in [-0.39, 0.29) is 27.4 Å². The molecule has 0 aliphatic heterocycles. The molecule has 0 radical (unpaired) electrons. The molecule has 32 heavy (non-hydrogen) atoms. The minimum Gasteiger partial charge on any atom is -0.322 e. The molecule has 0 saturated carbocycles. The Morgan fingerprint density at radius 1 is 0.812 bits per heavy atom. The first kappa shape index (κ1) is 23.0. The first-order valence-corrected chi connectivity index (χ1v) is 11.0. The smallest absolute Gasteiger partial charge is 0.322 e. The number of carbonyl (C=O) groups excluding carboxylic acids is 2. The minimum absolute atomic E-state index is 0.0116. The van der Waals surface area contributed by atoms with Crippen LogP contribution in [0.2, 0.25) is 0 Å². The zero-order valence-electron chi connectivity index (χ0n) is 16.6. The fraction of sp³-hybridized carbons (Fsp3) is 0.0909. The van der Waals surface area contributed by atoms with Crippen molar-refractivity contribution in [2.24, 2.45) is 0 Å². The number of anilines is 2. The van der Waals surface area contributed by atoms with Gasteiger partial charge in [0, 0.05) is 17.5 Å². The zero-order chi connectivity index (χ0) is 23.5. The topological polar surface area (TPSA) is 92.3 Å². The van der Waals surface area contributed by atoms with Crippen LogP contribution in [0, 0.1) is 0 Å². The summed E-state index contributed by atoms with van der Waals surface area (Å²) in [6.07, 6.45) is -3.55. The second-order valence-corrected chi connectivity index (χ2v) is 8.85. The largest absolute Gasteiger partial charge is 0.416 e. The molecule has 2 amide bonds. The van der Waals surface area contributed by atoms with Crippen molar-refractivity contribution >= 4 is 33.0 Å². The van der Waals surface area contributed by atoms with Gasteiger partial charge in [-0.1, -0.05) is 24.3 Å². The number of carbonyl (C=O) groups is 2. The van der Waals surface area contributed by atoms with Crippen molar-refractivity contribution in [1.29, 1.82) is 0 Å². The van der Waals surface area contributed by atoms with E-state index in [1.54, 1.807) is 6.07 Å². The van der Waals surface area contributed by atoms with Gasteiger partial charge in [-0.15, -0.1) is 0 Å². The fourth-order valence-electron chi connectivity index (χ4n) is 2.82. The van der Waals surface area contributed by atoms with Crippen LogP contribution in [-0.4, -0.2) is 26.5 Å². The lowest BCUT2D eigenvalue weighted by Crippen LogP contribution is -2.18. The van der Waals surface area contributed by atoms with Gasteiger partial charge in [-0.25, -0.2) is 8.42 Å². The molecule has 6 nitrogen and oxygen atoms in total. The molecule has 2 N–H and O–H groups in total. The monoisotopic (exact) mass is 462 g/mol. The third-order valence-corrected chi connectivity index (χ3v) is 5.50. The van der Waals surface area contributed by atoms with E-state index in [0.717, 1.165) is 18.4 Å². The molecule has 0 saturated heterocycles. The van der Waals surface area contributed by atoms with Gasteiger partial charge in [0.1, 0.15) is 0 Å². The van der Waals surface area contributed by atoms with Crippen molar-refractivity contribution in [1.82, 2.24) is 0 Å². The molecule has 0 aliphatic carbocycles. The predicted molar refractivity (Wildman–Crippen MR) is 113 cm³/mol. The fourth-order valence-corrected chi connectivity index (χ4v) is 3.49. The number of rotatable bonds is 5. The normalized spacial score (nSPS) is 11.6. The highest BCUT2D eigenvalue weighted by atomic mass is 32.2. The van der Waals surface area contributed by atoms with E-state index in [2.05, 4.69) is 10.6 Å². The zero-order valence-corrected chi connectivity index (χ0v) is 17.4. The standard InChI is InChI=1S/C22H17F3N2O4S/c1-32(30,31)17-9-4-6-14(12-17)20(28)27-19-11-3-2-10-18(19)21(29)26-16-8-5-7-15(13-16)22(23,24)25/h2-13H,1H3,(H,26,29)(H,27,28). The number of hydrogen-bond donors (Lipinski definition) is 2. The van der Waals surface area contributed by atoms with Gasteiger partial charge >= 0.3 is 6.18 Å². The van der Waals surface area contributed by atoms with Gasteiger partial charge in [0.05, 0.1) is 21.7 Å². The molecule has 0 spiro atoms. The van der Waals surface area contributed by atoms with Gasteiger partial charge in [0.25, 0.3) is 11.8 Å². The van der Waals surface area contributed by atoms with Crippen LogP contribution in [0.25, 0.3) is 0 Å². The lowest BCUT2D eigenvalue weighted by atomic mass is 10.1. The average Bonchev–Trinajstić information content (AvgIpc) is 2.73. The van der Waals surface area contributed by atoms with Gasteiger partial charge in [-0.05, 0) is 48.5 Å². The number of para-hydroxylation sites is 1. The SMILES string of the molecule is CS(=O)(=O)c1cccc(C(=O)Nc2ccccc2C(=O)Nc2cccc(C(F)(F)F)c2)c1. The summed E-state index contributed by atoms with van der Waals surface area (Å²) >= 11 is 0. The predicted octanol–water partition coefficient (Wildman–Crippen LogP) is 4.61. The number of nitrogens with one attached hydrogen (secondary N) is 2. The van der Waals surface area contributed by atoms with Crippen LogP contribution in [0.15, 0.2) is 77.7 Å². The van der Waals surface area contributed by atoms with Gasteiger partial charge in [-0.3, -0.25) is 9.59 Å². The number of alkyl halides is 3. The Morgan fingerprint density at radius 2 is 1.50 bits per heavy atom. The summed E-state index contributed by atoms with van der Waals surface area (Å²) in [7, 11) is -3.53. The third kappa shape index (κ3) is 5.52. The summed E-state index contributed by atoms with van der Waals surface area (Å²) < 4.78 is 62.1. The lowest BCUT2D eigenvalue weighted by molar-refractivity contribution is -0.137. The Hall–Kier alpha value is -3.66. The maximum Gasteiger partial charge on any atom is 0.416 e. The molecule has 166 valence electrons. The summed E-state index contributed by atoms with van der Waals surface area (Å²) in [4.78, 5) is 25.3. The molecule has 0 bridgehead atoms. The number of hydrogen-bond acceptors (Lipinski definition) is 4. The van der Waals surface area contributed by atoms with Crippen LogP contribution in [0.3, 0.4) is 0 Å². The highest BCUT2D eigenvalue weighted by molar-refractivity contribution is 7.90. The quantitative estimate of drug-likeness (QED) is 0.579. The second kappa shape index (κ2) is 8.83. The highest BCUT2D eigenvalue weighted by Crippen LogP contribution is 2.31. The third-order valence-electron chi connectivity index (χ3n) is 4.39. The van der Waals surface area contributed by atoms with Gasteiger partial charge in [-0.2, -0.15) is 13.2 Å². The Labute approximate surface area is 182 Å². The van der Waals surface area contributed by atoms with E-state index in [0.29, 0.717) is 0 Å². The molecule has 3 rings (SSSR count). The van der Waals surface area contributed by atoms with E-state index in [4.69, 9.17) is 0 Å². The molecule has 0 aromatic heterocycles. The number of halogens is 3. The van der Waals surface area contributed by atoms with Crippen LogP contribution in [0.1, 0.15) is 26.3 Å². The lowest BCUT2D eigenvalue weighted by Gasteiger charge is -2.13. The van der Waals surface area contributed by atoms with Crippen LogP contribution < -0.4 is 10.6 Å². The molecule has 0 atom stereocenters. The Balaban J connectivity index is 1.84. The van der Waals surface area contributed by atoms with E-state index in [1.807, 2.05) is 0 Å². The summed E-state index contributed by atoms with van der Waals surface area (Å²) in [5.41, 5.74) is -0.806. The summed E-state index contributed by atoms with van der Waals surface area (Å²) in [6.45, 7) is 0. The van der Waals surface area contributed by atoms with Crippen LogP contribution in [-0.2, 0) is 16.0 Å². The van der Waals surface area contributed by atoms with Gasteiger partial charge < -0.3 is 10.6 Å². The van der Waals surface area contributed by atoms with Crippen LogP contribution in [0.4, 0.5) is 24.5 Å². The number of sulfone groups is 1. The van der Waals surface area contributed by atoms with E-state index >= 15 is 0 Å². The molecule has 10 heteroatoms. The molecule has 0 heterocycles. The molecule has 0 aliphatic rings. The molecule has 0 fully saturated rings. The summed E-state index contributed by atoms with van der Waals surface area (Å²) in [5, 5.41) is 4.92. The Morgan fingerprint density at radius 3 is 2.19 bits per heavy atom. The number of benzene rings is 3. The maximum atomic E-state index is 12.9. The van der Waals surface area contributed by atoms with Gasteiger partial charge in [0.2, 0.25) is 0 Å². The molecular formula is C22H17F3N2O4S. The van der Waals surface area contributed by atoms with Crippen molar-refractivity contribution in [2.45, 2.75) is 11.1 Å². The van der Waals surface area contributed by atoms with Crippen molar-refractivity contribution in [3.8, 4) is 0 Å². The molecular weight excluding hydrogens is 445 g/mol. The van der Waals surface area contributed by atoms with Crippen molar-refractivity contribution < 1.29 is 31.2 Å². The molecule has 3 aromatic rings. The number of amides is 2. The van der Waals surface area contributed by atoms with Crippen molar-refractivity contribution in [3.63, 3.8) is 0 Å². The van der Waals surface area contributed by atoms with Crippen molar-refractivity contribution in [2.75, 3.05) is 16.9 Å². The van der Waals surface area contributed by atoms with E-state index < -0.39 is 33.4 Å². The maximum absolute atomic E-state index is 12.9. The Bertz CT molecular complexity index is 1290. The first-order chi connectivity index (χ1) is 14.9. The Kier molecular flexibility index (Phi) is 6.35. The van der Waals surface area contributed by atoms with Gasteiger partial charge in [0.15, 0.2) is 9.84 Å². The first-order valence-electron chi connectivity index (χ1n) is 9.14. The molecule has 0 unspecified atom stereocenters. The van der Waals surface area contributed by atoms with E-state index in [9.17, 15) is 31.2 Å². The van der Waals surface area contributed by atoms with E-state index in [1.165, 1.54) is 54.6 Å². The van der Waals surface area contributed by atoms with Crippen LogP contribution in [0.5, 0.6) is 0 Å². The second-order valence-electron chi connectivity index (χ2n) is 6.83. The summed E-state index contributed by atoms with van der Waals surface area (Å²) in [5.74, 6) is -1.39. The minimum atomic E-state index is -4.56. The summed E-state index contributed by atoms with van der Waals surface area (Å²) in [6, 6.07) is 15.5. The average molecular weight is 462 g/mol. The molecule has 3 aromatic carbocycles. The van der Waals surface area contributed by atoms with Crippen LogP contribution >= 0.6 is 0 Å². The van der Waals surface area contributed by atoms with Crippen molar-refractivity contribution in [3.05, 3.63) is 89.5 Å². The highest BCUT2D eigenvalue weighted by Gasteiger charge is 2.30.